The van der Waals surface area contributed by atoms with Crippen LogP contribution in [0.2, 0.25) is 0 Å². The molecule has 2 aromatic carbocycles. The molecule has 108 valence electrons. The lowest BCUT2D eigenvalue weighted by molar-refractivity contribution is -0.106. The van der Waals surface area contributed by atoms with Crippen LogP contribution in [0.1, 0.15) is 22.3 Å². The van der Waals surface area contributed by atoms with E-state index in [-0.39, 0.29) is 12.3 Å². The topological polar surface area (TPSA) is 50.1 Å². The van der Waals surface area contributed by atoms with Crippen LogP contribution in [-0.4, -0.2) is 11.0 Å². The van der Waals surface area contributed by atoms with Crippen LogP contribution in [0.25, 0.3) is 0 Å². The van der Waals surface area contributed by atoms with Crippen molar-refractivity contribution in [3.8, 4) is 5.75 Å². The fraction of sp³-hybridized carbons (Fsp3) is 0.176. The van der Waals surface area contributed by atoms with E-state index in [1.54, 1.807) is 12.1 Å². The van der Waals surface area contributed by atoms with Crippen LogP contribution >= 0.6 is 11.6 Å². The van der Waals surface area contributed by atoms with Gasteiger partial charge in [0.25, 0.3) is 5.24 Å². The van der Waals surface area contributed by atoms with Crippen LogP contribution in [0, 0.1) is 19.3 Å². The van der Waals surface area contributed by atoms with Crippen molar-refractivity contribution in [1.82, 2.24) is 0 Å². The molecule has 0 fully saturated rings. The molecule has 0 bridgehead atoms. The molecule has 0 saturated carbocycles. The number of benzene rings is 2. The third kappa shape index (κ3) is 3.70. The molecule has 2 aromatic rings. The Morgan fingerprint density at radius 3 is 2.57 bits per heavy atom. The van der Waals surface area contributed by atoms with E-state index >= 15 is 0 Å². The van der Waals surface area contributed by atoms with Gasteiger partial charge in [0.15, 0.2) is 0 Å². The number of halogens is 1. The predicted octanol–water partition coefficient (Wildman–Crippen LogP) is 4.02. The highest BCUT2D eigenvalue weighted by atomic mass is 35.5. The SMILES string of the molecule is Cc1ccc(OCc2ccccc2C(=N)C(=O)Cl)c(C)c1. The maximum absolute atomic E-state index is 11.2. The highest BCUT2D eigenvalue weighted by Gasteiger charge is 2.13. The standard InChI is InChI=1S/C17H16ClNO2/c1-11-7-8-15(12(2)9-11)21-10-13-5-3-4-6-14(13)16(19)17(18)20/h3-9,19H,10H2,1-2H3. The van der Waals surface area contributed by atoms with Gasteiger partial charge < -0.3 is 4.74 Å². The van der Waals surface area contributed by atoms with Gasteiger partial charge in [-0.05, 0) is 42.6 Å². The van der Waals surface area contributed by atoms with Crippen LogP contribution < -0.4 is 4.74 Å². The van der Waals surface area contributed by atoms with E-state index in [0.717, 1.165) is 16.9 Å². The van der Waals surface area contributed by atoms with Crippen molar-refractivity contribution < 1.29 is 9.53 Å². The van der Waals surface area contributed by atoms with Crippen molar-refractivity contribution >= 4 is 22.6 Å². The van der Waals surface area contributed by atoms with Gasteiger partial charge in [-0.3, -0.25) is 10.2 Å². The summed E-state index contributed by atoms with van der Waals surface area (Å²) in [6.07, 6.45) is 0. The van der Waals surface area contributed by atoms with Gasteiger partial charge in [-0.1, -0.05) is 42.0 Å². The molecule has 0 spiro atoms. The molecular weight excluding hydrogens is 286 g/mol. The van der Waals surface area contributed by atoms with Crippen molar-refractivity contribution in [2.24, 2.45) is 0 Å². The first-order valence-corrected chi connectivity index (χ1v) is 6.93. The average molecular weight is 302 g/mol. The molecule has 1 N–H and O–H groups in total. The summed E-state index contributed by atoms with van der Waals surface area (Å²) in [7, 11) is 0. The van der Waals surface area contributed by atoms with Crippen LogP contribution in [-0.2, 0) is 11.4 Å². The molecule has 0 atom stereocenters. The van der Waals surface area contributed by atoms with Crippen molar-refractivity contribution in [2.75, 3.05) is 0 Å². The van der Waals surface area contributed by atoms with E-state index in [1.165, 1.54) is 5.56 Å². The first-order chi connectivity index (χ1) is 9.99. The zero-order chi connectivity index (χ0) is 15.4. The van der Waals surface area contributed by atoms with Crippen LogP contribution in [0.3, 0.4) is 0 Å². The summed E-state index contributed by atoms with van der Waals surface area (Å²) in [5, 5.41) is 6.97. The van der Waals surface area contributed by atoms with Crippen LogP contribution in [0.15, 0.2) is 42.5 Å². The number of carbonyl (C=O) groups is 1. The molecule has 0 saturated heterocycles. The molecule has 0 aliphatic heterocycles. The van der Waals surface area contributed by atoms with Gasteiger partial charge in [0.05, 0.1) is 0 Å². The Morgan fingerprint density at radius 2 is 1.90 bits per heavy atom. The van der Waals surface area contributed by atoms with Crippen molar-refractivity contribution in [3.63, 3.8) is 0 Å². The minimum atomic E-state index is -0.769. The summed E-state index contributed by atoms with van der Waals surface area (Å²) < 4.78 is 5.80. The summed E-state index contributed by atoms with van der Waals surface area (Å²) in [5.41, 5.74) is 3.28. The second-order valence-corrected chi connectivity index (χ2v) is 5.21. The summed E-state index contributed by atoms with van der Waals surface area (Å²) >= 11 is 5.39. The number of hydrogen-bond donors (Lipinski definition) is 1. The highest BCUT2D eigenvalue weighted by molar-refractivity contribution is 6.83. The number of carbonyl (C=O) groups excluding carboxylic acids is 1. The van der Waals surface area contributed by atoms with Crippen LogP contribution in [0.5, 0.6) is 5.75 Å². The number of nitrogens with one attached hydrogen (secondary N) is 1. The second-order valence-electron chi connectivity index (χ2n) is 4.86. The predicted molar refractivity (Wildman–Crippen MR) is 84.4 cm³/mol. The Hall–Kier alpha value is -2.13. The molecule has 0 aromatic heterocycles. The molecule has 2 rings (SSSR count). The van der Waals surface area contributed by atoms with Gasteiger partial charge in [-0.2, -0.15) is 0 Å². The molecular formula is C17H16ClNO2. The normalized spacial score (nSPS) is 10.2. The molecule has 0 radical (unpaired) electrons. The van der Waals surface area contributed by atoms with E-state index < -0.39 is 5.24 Å². The summed E-state index contributed by atoms with van der Waals surface area (Å²) in [5.74, 6) is 0.791. The van der Waals surface area contributed by atoms with Gasteiger partial charge in [-0.25, -0.2) is 0 Å². The molecule has 0 aliphatic carbocycles. The first-order valence-electron chi connectivity index (χ1n) is 6.55. The Bertz CT molecular complexity index is 695. The van der Waals surface area contributed by atoms with Crippen molar-refractivity contribution in [2.45, 2.75) is 20.5 Å². The number of hydrogen-bond acceptors (Lipinski definition) is 3. The molecule has 21 heavy (non-hydrogen) atoms. The molecule has 0 amide bonds. The lowest BCUT2D eigenvalue weighted by Crippen LogP contribution is -2.12. The Balaban J connectivity index is 2.20. The van der Waals surface area contributed by atoms with E-state index in [9.17, 15) is 4.79 Å². The van der Waals surface area contributed by atoms with E-state index in [4.69, 9.17) is 21.7 Å². The van der Waals surface area contributed by atoms with Crippen molar-refractivity contribution in [3.05, 3.63) is 64.7 Å². The average Bonchev–Trinajstić information content (AvgIpc) is 2.46. The van der Waals surface area contributed by atoms with E-state index in [1.807, 2.05) is 44.2 Å². The fourth-order valence-electron chi connectivity index (χ4n) is 2.11. The molecule has 0 unspecified atom stereocenters. The first kappa shape index (κ1) is 15.3. The maximum Gasteiger partial charge on any atom is 0.270 e. The number of rotatable bonds is 5. The van der Waals surface area contributed by atoms with Gasteiger partial charge in [0.1, 0.15) is 18.1 Å². The molecule has 0 aliphatic rings. The minimum absolute atomic E-state index is 0.212. The minimum Gasteiger partial charge on any atom is -0.489 e. The van der Waals surface area contributed by atoms with Gasteiger partial charge in [0.2, 0.25) is 0 Å². The van der Waals surface area contributed by atoms with Gasteiger partial charge in [-0.15, -0.1) is 0 Å². The van der Waals surface area contributed by atoms with Gasteiger partial charge >= 0.3 is 0 Å². The van der Waals surface area contributed by atoms with E-state index in [0.29, 0.717) is 5.56 Å². The largest absolute Gasteiger partial charge is 0.489 e. The van der Waals surface area contributed by atoms with Gasteiger partial charge in [0, 0.05) is 5.56 Å². The van der Waals surface area contributed by atoms with E-state index in [2.05, 4.69) is 0 Å². The third-order valence-corrected chi connectivity index (χ3v) is 3.39. The highest BCUT2D eigenvalue weighted by Crippen LogP contribution is 2.21. The third-order valence-electron chi connectivity index (χ3n) is 3.20. The Kier molecular flexibility index (Phi) is 4.76. The number of aryl methyl sites for hydroxylation is 2. The monoisotopic (exact) mass is 301 g/mol. The summed E-state index contributed by atoms with van der Waals surface area (Å²) in [4.78, 5) is 11.2. The second kappa shape index (κ2) is 6.55. The zero-order valence-corrected chi connectivity index (χ0v) is 12.7. The molecule has 0 heterocycles. The molecule has 4 heteroatoms. The summed E-state index contributed by atoms with van der Waals surface area (Å²) in [6, 6.07) is 13.1. The van der Waals surface area contributed by atoms with Crippen LogP contribution in [0.4, 0.5) is 0 Å². The van der Waals surface area contributed by atoms with Crippen molar-refractivity contribution in [1.29, 1.82) is 5.41 Å². The Morgan fingerprint density at radius 1 is 1.19 bits per heavy atom. The Labute approximate surface area is 129 Å². The quantitative estimate of drug-likeness (QED) is 0.670. The smallest absolute Gasteiger partial charge is 0.270 e. The fourth-order valence-corrected chi connectivity index (χ4v) is 2.21. The maximum atomic E-state index is 11.2. The lowest BCUT2D eigenvalue weighted by atomic mass is 10.0. The lowest BCUT2D eigenvalue weighted by Gasteiger charge is -2.12. The molecule has 3 nitrogen and oxygen atoms in total. The summed E-state index contributed by atoms with van der Waals surface area (Å²) in [6.45, 7) is 4.30. The number of ether oxygens (including phenoxy) is 1. The zero-order valence-electron chi connectivity index (χ0n) is 11.9.